The number of carbonyl (C=O) groups is 2. The fraction of sp³-hybridized carbons (Fsp3) is 0.312. The molecule has 3 aromatic carbocycles. The van der Waals surface area contributed by atoms with Crippen molar-refractivity contribution in [1.29, 1.82) is 0 Å². The second-order valence-electron chi connectivity index (χ2n) is 9.38. The molecule has 1 heterocycles. The van der Waals surface area contributed by atoms with Crippen molar-refractivity contribution in [2.24, 2.45) is 0 Å². The highest BCUT2D eigenvalue weighted by molar-refractivity contribution is 5.97. The number of cyclic esters (lactones) is 1. The Balaban J connectivity index is 1.68. The molecule has 5 heteroatoms. The molecule has 0 radical (unpaired) electrons. The molecular formula is C32H34O5. The molecule has 0 aliphatic carbocycles. The Morgan fingerprint density at radius 3 is 2.19 bits per heavy atom. The molecule has 0 saturated carbocycles. The number of ketones is 1. The van der Waals surface area contributed by atoms with Crippen LogP contribution in [-0.2, 0) is 22.7 Å². The Kier molecular flexibility index (Phi) is 9.53. The minimum absolute atomic E-state index is 0.262. The van der Waals surface area contributed by atoms with Crippen molar-refractivity contribution in [1.82, 2.24) is 0 Å². The molecule has 192 valence electrons. The number of ether oxygens (including phenoxy) is 3. The molecule has 1 aliphatic heterocycles. The molecule has 0 unspecified atom stereocenters. The number of hydrogen-bond donors (Lipinski definition) is 0. The molecule has 0 fully saturated rings. The van der Waals surface area contributed by atoms with Crippen LogP contribution in [0.15, 0.2) is 78.9 Å². The zero-order valence-electron chi connectivity index (χ0n) is 21.4. The van der Waals surface area contributed by atoms with Gasteiger partial charge in [-0.05, 0) is 55.4 Å². The highest BCUT2D eigenvalue weighted by atomic mass is 16.5. The van der Waals surface area contributed by atoms with Gasteiger partial charge in [0.25, 0.3) is 0 Å². The van der Waals surface area contributed by atoms with Gasteiger partial charge in [0.2, 0.25) is 0 Å². The zero-order chi connectivity index (χ0) is 25.9. The van der Waals surface area contributed by atoms with E-state index in [1.165, 1.54) is 0 Å². The second-order valence-corrected chi connectivity index (χ2v) is 9.38. The number of rotatable bonds is 6. The summed E-state index contributed by atoms with van der Waals surface area (Å²) in [5, 5.41) is 0. The van der Waals surface area contributed by atoms with E-state index in [1.807, 2.05) is 85.8 Å². The quantitative estimate of drug-likeness (QED) is 0.333. The zero-order valence-corrected chi connectivity index (χ0v) is 21.4. The van der Waals surface area contributed by atoms with Crippen LogP contribution >= 0.6 is 0 Å². The summed E-state index contributed by atoms with van der Waals surface area (Å²) in [5.41, 5.74) is 3.10. The van der Waals surface area contributed by atoms with Gasteiger partial charge in [0.05, 0.1) is 6.10 Å². The number of fused-ring (bicyclic) bond motifs is 1. The Hall–Kier alpha value is -3.86. The van der Waals surface area contributed by atoms with Crippen molar-refractivity contribution < 1.29 is 23.8 Å². The summed E-state index contributed by atoms with van der Waals surface area (Å²) in [6, 6.07) is 23.4. The van der Waals surface area contributed by atoms with E-state index < -0.39 is 5.97 Å². The van der Waals surface area contributed by atoms with Gasteiger partial charge in [-0.15, -0.1) is 0 Å². The number of Topliss-reactive ketones (excluding diaryl/α,β-unsaturated/α-hetero) is 1. The normalized spacial score (nSPS) is 16.8. The maximum atomic E-state index is 13.4. The first-order chi connectivity index (χ1) is 18.1. The number of benzene rings is 3. The first kappa shape index (κ1) is 26.2. The summed E-state index contributed by atoms with van der Waals surface area (Å²) >= 11 is 0. The van der Waals surface area contributed by atoms with E-state index in [1.54, 1.807) is 6.07 Å². The van der Waals surface area contributed by atoms with Gasteiger partial charge in [-0.1, -0.05) is 72.8 Å². The van der Waals surface area contributed by atoms with E-state index in [0.29, 0.717) is 61.5 Å². The lowest BCUT2D eigenvalue weighted by molar-refractivity contribution is -0.119. The van der Waals surface area contributed by atoms with Crippen molar-refractivity contribution >= 4 is 17.8 Å². The van der Waals surface area contributed by atoms with Crippen LogP contribution in [0, 0.1) is 0 Å². The summed E-state index contributed by atoms with van der Waals surface area (Å²) in [6.07, 6.45) is 7.56. The molecule has 37 heavy (non-hydrogen) atoms. The maximum absolute atomic E-state index is 13.4. The third-order valence-corrected chi connectivity index (χ3v) is 6.29. The van der Waals surface area contributed by atoms with Crippen LogP contribution in [0.4, 0.5) is 0 Å². The minimum atomic E-state index is -0.437. The highest BCUT2D eigenvalue weighted by Crippen LogP contribution is 2.33. The van der Waals surface area contributed by atoms with Crippen LogP contribution in [0.1, 0.15) is 72.5 Å². The Labute approximate surface area is 219 Å². The van der Waals surface area contributed by atoms with Gasteiger partial charge in [0.15, 0.2) is 0 Å². The van der Waals surface area contributed by atoms with Gasteiger partial charge in [-0.3, -0.25) is 4.79 Å². The molecule has 0 aromatic heterocycles. The summed E-state index contributed by atoms with van der Waals surface area (Å²) in [6.45, 7) is 2.57. The molecule has 1 atom stereocenters. The van der Waals surface area contributed by atoms with Gasteiger partial charge in [-0.2, -0.15) is 0 Å². The van der Waals surface area contributed by atoms with Crippen molar-refractivity contribution in [3.05, 3.63) is 101 Å². The SMILES string of the molecule is C[C@@H]1CCCC(=O)CCCC=Cc2cc(OCc3ccccc3)cc(OCc3ccccc3)c2C(=O)O1. The fourth-order valence-electron chi connectivity index (χ4n) is 4.27. The molecule has 4 rings (SSSR count). The minimum Gasteiger partial charge on any atom is -0.489 e. The van der Waals surface area contributed by atoms with Crippen LogP contribution in [-0.4, -0.2) is 17.9 Å². The molecule has 0 saturated heterocycles. The largest absolute Gasteiger partial charge is 0.489 e. The third kappa shape index (κ3) is 8.07. The van der Waals surface area contributed by atoms with E-state index in [9.17, 15) is 9.59 Å². The first-order valence-electron chi connectivity index (χ1n) is 13.0. The predicted molar refractivity (Wildman–Crippen MR) is 145 cm³/mol. The van der Waals surface area contributed by atoms with E-state index >= 15 is 0 Å². The number of carbonyl (C=O) groups excluding carboxylic acids is 2. The molecule has 0 N–H and O–H groups in total. The van der Waals surface area contributed by atoms with Gasteiger partial charge < -0.3 is 14.2 Å². The van der Waals surface area contributed by atoms with Crippen molar-refractivity contribution in [3.8, 4) is 11.5 Å². The summed E-state index contributed by atoms with van der Waals surface area (Å²) in [4.78, 5) is 25.6. The summed E-state index contributed by atoms with van der Waals surface area (Å²) in [7, 11) is 0. The lowest BCUT2D eigenvalue weighted by Crippen LogP contribution is -2.18. The molecule has 0 spiro atoms. The van der Waals surface area contributed by atoms with E-state index in [4.69, 9.17) is 14.2 Å². The Morgan fingerprint density at radius 1 is 0.838 bits per heavy atom. The highest BCUT2D eigenvalue weighted by Gasteiger charge is 2.23. The second kappa shape index (κ2) is 13.4. The monoisotopic (exact) mass is 498 g/mol. The van der Waals surface area contributed by atoms with Gasteiger partial charge in [0.1, 0.15) is 36.1 Å². The summed E-state index contributed by atoms with van der Waals surface area (Å²) < 4.78 is 18.1. The molecule has 0 bridgehead atoms. The molecule has 0 amide bonds. The van der Waals surface area contributed by atoms with Crippen molar-refractivity contribution in [3.63, 3.8) is 0 Å². The number of esters is 1. The predicted octanol–water partition coefficient (Wildman–Crippen LogP) is 7.33. The number of allylic oxidation sites excluding steroid dienone is 1. The van der Waals surface area contributed by atoms with Gasteiger partial charge in [0, 0.05) is 18.9 Å². The van der Waals surface area contributed by atoms with Crippen molar-refractivity contribution in [2.75, 3.05) is 0 Å². The maximum Gasteiger partial charge on any atom is 0.342 e. The Morgan fingerprint density at radius 2 is 1.49 bits per heavy atom. The molecule has 5 nitrogen and oxygen atoms in total. The lowest BCUT2D eigenvalue weighted by Gasteiger charge is -2.19. The van der Waals surface area contributed by atoms with E-state index in [2.05, 4.69) is 0 Å². The van der Waals surface area contributed by atoms with Crippen LogP contribution < -0.4 is 9.47 Å². The molecule has 3 aromatic rings. The molecule has 1 aliphatic rings. The number of hydrogen-bond acceptors (Lipinski definition) is 5. The van der Waals surface area contributed by atoms with Crippen LogP contribution in [0.5, 0.6) is 11.5 Å². The van der Waals surface area contributed by atoms with Crippen LogP contribution in [0.2, 0.25) is 0 Å². The standard InChI is InChI=1S/C32H34O5/c1-24-12-11-19-28(33)18-10-4-9-17-27-20-29(35-22-25-13-5-2-6-14-25)21-30(31(27)32(34)37-24)36-23-26-15-7-3-8-16-26/h2-3,5-9,13-17,20-21,24H,4,10-12,18-19,22-23H2,1H3/t24-/m1/s1. The van der Waals surface area contributed by atoms with Crippen LogP contribution in [0.25, 0.3) is 6.08 Å². The fourth-order valence-corrected chi connectivity index (χ4v) is 4.27. The van der Waals surface area contributed by atoms with Crippen molar-refractivity contribution in [2.45, 2.75) is 64.8 Å². The summed E-state index contributed by atoms with van der Waals surface area (Å²) in [5.74, 6) is 0.854. The lowest BCUT2D eigenvalue weighted by atomic mass is 10.0. The average molecular weight is 499 g/mol. The van der Waals surface area contributed by atoms with Crippen LogP contribution in [0.3, 0.4) is 0 Å². The topological polar surface area (TPSA) is 61.8 Å². The average Bonchev–Trinajstić information content (AvgIpc) is 2.91. The third-order valence-electron chi connectivity index (χ3n) is 6.29. The smallest absolute Gasteiger partial charge is 0.342 e. The Bertz CT molecular complexity index is 1200. The van der Waals surface area contributed by atoms with Gasteiger partial charge in [-0.25, -0.2) is 4.79 Å². The van der Waals surface area contributed by atoms with E-state index in [-0.39, 0.29) is 11.9 Å². The van der Waals surface area contributed by atoms with E-state index in [0.717, 1.165) is 24.0 Å². The first-order valence-corrected chi connectivity index (χ1v) is 13.0. The molecular weight excluding hydrogens is 464 g/mol. The van der Waals surface area contributed by atoms with Gasteiger partial charge >= 0.3 is 5.97 Å².